The fraction of sp³-hybridized carbons (Fsp3) is 0.364. The number of nitrogens with zero attached hydrogens (tertiary/aromatic N) is 1. The zero-order chi connectivity index (χ0) is 21.2. The summed E-state index contributed by atoms with van der Waals surface area (Å²) in [5, 5.41) is 3.87. The summed E-state index contributed by atoms with van der Waals surface area (Å²) in [6, 6.07) is 13.5. The van der Waals surface area contributed by atoms with Crippen LogP contribution in [0.3, 0.4) is 0 Å². The van der Waals surface area contributed by atoms with Crippen molar-refractivity contribution in [2.75, 3.05) is 13.2 Å². The summed E-state index contributed by atoms with van der Waals surface area (Å²) >= 11 is 12.2. The summed E-state index contributed by atoms with van der Waals surface area (Å²) < 4.78 is 5.59. The third kappa shape index (κ3) is 7.26. The van der Waals surface area contributed by atoms with Gasteiger partial charge in [-0.3, -0.25) is 9.59 Å². The number of unbranched alkanes of at least 4 members (excludes halogenated alkanes) is 1. The van der Waals surface area contributed by atoms with Gasteiger partial charge in [-0.25, -0.2) is 0 Å². The van der Waals surface area contributed by atoms with Crippen LogP contribution in [0.25, 0.3) is 0 Å². The zero-order valence-corrected chi connectivity index (χ0v) is 18.2. The highest BCUT2D eigenvalue weighted by molar-refractivity contribution is 6.32. The van der Waals surface area contributed by atoms with E-state index in [-0.39, 0.29) is 25.0 Å². The van der Waals surface area contributed by atoms with Crippen molar-refractivity contribution in [1.29, 1.82) is 0 Å². The van der Waals surface area contributed by atoms with E-state index in [2.05, 4.69) is 12.2 Å². The second-order valence-corrected chi connectivity index (χ2v) is 7.53. The van der Waals surface area contributed by atoms with E-state index in [0.717, 1.165) is 18.4 Å². The molecule has 0 radical (unpaired) electrons. The lowest BCUT2D eigenvalue weighted by Gasteiger charge is -2.29. The van der Waals surface area contributed by atoms with Crippen LogP contribution >= 0.6 is 23.2 Å². The van der Waals surface area contributed by atoms with Crippen molar-refractivity contribution >= 4 is 35.0 Å². The first-order chi connectivity index (χ1) is 13.9. The number of benzene rings is 2. The Labute approximate surface area is 181 Å². The van der Waals surface area contributed by atoms with E-state index in [0.29, 0.717) is 22.3 Å². The van der Waals surface area contributed by atoms with Crippen LogP contribution in [0.1, 0.15) is 32.3 Å². The number of halogens is 2. The summed E-state index contributed by atoms with van der Waals surface area (Å²) in [7, 11) is 0. The molecule has 0 aromatic heterocycles. The van der Waals surface area contributed by atoms with Crippen molar-refractivity contribution in [1.82, 2.24) is 10.2 Å². The molecule has 0 bridgehead atoms. The SMILES string of the molecule is CCCCNC(=O)[C@@H](C)N(Cc1cccc(Cl)c1)C(=O)COc1ccccc1Cl. The van der Waals surface area contributed by atoms with Crippen molar-refractivity contribution in [3.63, 3.8) is 0 Å². The number of para-hydroxylation sites is 1. The molecule has 0 aliphatic carbocycles. The fourth-order valence-corrected chi connectivity index (χ4v) is 3.14. The minimum absolute atomic E-state index is 0.202. The molecule has 29 heavy (non-hydrogen) atoms. The Morgan fingerprint density at radius 3 is 2.59 bits per heavy atom. The van der Waals surface area contributed by atoms with Gasteiger partial charge >= 0.3 is 0 Å². The monoisotopic (exact) mass is 436 g/mol. The van der Waals surface area contributed by atoms with Gasteiger partial charge in [0.15, 0.2) is 6.61 Å². The number of rotatable bonds is 10. The summed E-state index contributed by atoms with van der Waals surface area (Å²) in [5.74, 6) is -0.0973. The van der Waals surface area contributed by atoms with Gasteiger partial charge in [-0.1, -0.05) is 60.8 Å². The molecule has 0 unspecified atom stereocenters. The van der Waals surface area contributed by atoms with Gasteiger partial charge in [-0.2, -0.15) is 0 Å². The van der Waals surface area contributed by atoms with Crippen LogP contribution in [-0.4, -0.2) is 35.9 Å². The first-order valence-corrected chi connectivity index (χ1v) is 10.4. The number of carbonyl (C=O) groups excluding carboxylic acids is 2. The molecule has 0 saturated carbocycles. The number of hydrogen-bond acceptors (Lipinski definition) is 3. The van der Waals surface area contributed by atoms with Gasteiger partial charge in [0.1, 0.15) is 11.8 Å². The van der Waals surface area contributed by atoms with Crippen LogP contribution in [0.15, 0.2) is 48.5 Å². The molecule has 0 spiro atoms. The van der Waals surface area contributed by atoms with Crippen LogP contribution < -0.4 is 10.1 Å². The number of nitrogens with one attached hydrogen (secondary N) is 1. The zero-order valence-electron chi connectivity index (χ0n) is 16.7. The van der Waals surface area contributed by atoms with Gasteiger partial charge in [0.25, 0.3) is 5.91 Å². The highest BCUT2D eigenvalue weighted by Crippen LogP contribution is 2.23. The van der Waals surface area contributed by atoms with E-state index in [1.54, 1.807) is 43.3 Å². The van der Waals surface area contributed by atoms with Gasteiger partial charge in [0.05, 0.1) is 5.02 Å². The number of amides is 2. The predicted octanol–water partition coefficient (Wildman–Crippen LogP) is 4.71. The third-order valence-electron chi connectivity index (χ3n) is 4.43. The molecule has 2 rings (SSSR count). The van der Waals surface area contributed by atoms with Gasteiger partial charge in [0.2, 0.25) is 5.91 Å². The molecule has 2 aromatic carbocycles. The maximum Gasteiger partial charge on any atom is 0.261 e. The molecule has 2 amide bonds. The van der Waals surface area contributed by atoms with E-state index >= 15 is 0 Å². The van der Waals surface area contributed by atoms with Crippen molar-refractivity contribution in [3.05, 3.63) is 64.1 Å². The Bertz CT molecular complexity index is 829. The molecule has 1 atom stereocenters. The van der Waals surface area contributed by atoms with Crippen molar-refractivity contribution in [2.24, 2.45) is 0 Å². The van der Waals surface area contributed by atoms with Gasteiger partial charge in [-0.15, -0.1) is 0 Å². The van der Waals surface area contributed by atoms with E-state index in [1.807, 2.05) is 12.1 Å². The quantitative estimate of drug-likeness (QED) is 0.548. The first kappa shape index (κ1) is 23.0. The molecule has 0 aliphatic rings. The van der Waals surface area contributed by atoms with Crippen molar-refractivity contribution < 1.29 is 14.3 Å². The average Bonchev–Trinajstić information content (AvgIpc) is 2.71. The molecule has 0 heterocycles. The number of ether oxygens (including phenoxy) is 1. The van der Waals surface area contributed by atoms with Crippen LogP contribution in [0.2, 0.25) is 10.0 Å². The van der Waals surface area contributed by atoms with Gasteiger partial charge < -0.3 is 15.0 Å². The lowest BCUT2D eigenvalue weighted by Crippen LogP contribution is -2.49. The Morgan fingerprint density at radius 2 is 1.90 bits per heavy atom. The highest BCUT2D eigenvalue weighted by Gasteiger charge is 2.26. The highest BCUT2D eigenvalue weighted by atomic mass is 35.5. The van der Waals surface area contributed by atoms with Crippen LogP contribution in [0, 0.1) is 0 Å². The van der Waals surface area contributed by atoms with Crippen LogP contribution in [0.5, 0.6) is 5.75 Å². The summed E-state index contributed by atoms with van der Waals surface area (Å²) in [6.07, 6.45) is 1.86. The van der Waals surface area contributed by atoms with E-state index in [4.69, 9.17) is 27.9 Å². The lowest BCUT2D eigenvalue weighted by molar-refractivity contribution is -0.142. The molecule has 2 aromatic rings. The Balaban J connectivity index is 2.12. The van der Waals surface area contributed by atoms with Gasteiger partial charge in [-0.05, 0) is 43.2 Å². The lowest BCUT2D eigenvalue weighted by atomic mass is 10.1. The second kappa shape index (κ2) is 11.7. The molecule has 0 fully saturated rings. The Morgan fingerprint density at radius 1 is 1.14 bits per heavy atom. The summed E-state index contributed by atoms with van der Waals surface area (Å²) in [4.78, 5) is 27.0. The Kier molecular flexibility index (Phi) is 9.29. The van der Waals surface area contributed by atoms with Crippen molar-refractivity contribution in [2.45, 2.75) is 39.3 Å². The maximum atomic E-state index is 12.9. The molecule has 7 heteroatoms. The third-order valence-corrected chi connectivity index (χ3v) is 4.97. The second-order valence-electron chi connectivity index (χ2n) is 6.69. The topological polar surface area (TPSA) is 58.6 Å². The normalized spacial score (nSPS) is 11.6. The van der Waals surface area contributed by atoms with Crippen LogP contribution in [-0.2, 0) is 16.1 Å². The molecular weight excluding hydrogens is 411 g/mol. The predicted molar refractivity (Wildman–Crippen MR) is 116 cm³/mol. The standard InChI is InChI=1S/C22H26Cl2N2O3/c1-3-4-12-25-22(28)16(2)26(14-17-8-7-9-18(23)13-17)21(27)15-29-20-11-6-5-10-19(20)24/h5-11,13,16H,3-4,12,14-15H2,1-2H3,(H,25,28)/t16-/m1/s1. The van der Waals surface area contributed by atoms with Crippen molar-refractivity contribution in [3.8, 4) is 5.75 Å². The summed E-state index contributed by atoms with van der Waals surface area (Å²) in [5.41, 5.74) is 0.830. The molecule has 156 valence electrons. The smallest absolute Gasteiger partial charge is 0.261 e. The van der Waals surface area contributed by atoms with Crippen LogP contribution in [0.4, 0.5) is 0 Å². The van der Waals surface area contributed by atoms with E-state index in [1.165, 1.54) is 4.90 Å². The fourth-order valence-electron chi connectivity index (χ4n) is 2.73. The van der Waals surface area contributed by atoms with E-state index < -0.39 is 6.04 Å². The summed E-state index contributed by atoms with van der Waals surface area (Å²) in [6.45, 7) is 4.36. The van der Waals surface area contributed by atoms with Gasteiger partial charge in [0, 0.05) is 18.1 Å². The molecule has 1 N–H and O–H groups in total. The first-order valence-electron chi connectivity index (χ1n) is 9.61. The Hall–Kier alpha value is -2.24. The largest absolute Gasteiger partial charge is 0.482 e. The molecule has 0 saturated heterocycles. The molecular formula is C22H26Cl2N2O3. The average molecular weight is 437 g/mol. The number of hydrogen-bond donors (Lipinski definition) is 1. The van der Waals surface area contributed by atoms with E-state index in [9.17, 15) is 9.59 Å². The molecule has 0 aliphatic heterocycles. The minimum atomic E-state index is -0.659. The number of carbonyl (C=O) groups is 2. The molecule has 5 nitrogen and oxygen atoms in total. The minimum Gasteiger partial charge on any atom is -0.482 e. The maximum absolute atomic E-state index is 12.9.